The Bertz CT molecular complexity index is 1480. The van der Waals surface area contributed by atoms with Gasteiger partial charge in [0.2, 0.25) is 0 Å². The number of benzene rings is 4. The Morgan fingerprint density at radius 2 is 1.08 bits per heavy atom. The smallest absolute Gasteiger partial charge is 0.255 e. The molecule has 0 radical (unpaired) electrons. The Morgan fingerprint density at radius 3 is 1.49 bits per heavy atom. The Kier molecular flexibility index (Phi) is 7.09. The number of carbonyl (C=O) groups excluding carboxylic acids is 2. The molecule has 7 heteroatoms. The molecule has 4 aromatic rings. The fourth-order valence-electron chi connectivity index (χ4n) is 3.42. The molecule has 0 spiro atoms. The van der Waals surface area contributed by atoms with Crippen molar-refractivity contribution >= 4 is 23.2 Å². The standard InChI is InChI=1S/C30H20N2O5/c1-3-19-7-5-9-21(15-19)29(35)31-25-17-23(33)11-13-27(25)37-28-14-12-24(34)18-26(28)32-30(36)22-10-6-8-20(4-2)16-22/h1-2,5-18,33-34H,(H,31,35)(H,32,36). The average molecular weight is 488 g/mol. The number of phenolic OH excluding ortho intramolecular Hbond substituents is 2. The highest BCUT2D eigenvalue weighted by Crippen LogP contribution is 2.37. The minimum Gasteiger partial charge on any atom is -0.508 e. The number of ether oxygens (including phenoxy) is 1. The first-order valence-electron chi connectivity index (χ1n) is 11.0. The lowest BCUT2D eigenvalue weighted by molar-refractivity contribution is 0.101. The third-order valence-corrected chi connectivity index (χ3v) is 5.23. The number of amides is 2. The van der Waals surface area contributed by atoms with Crippen molar-refractivity contribution in [1.29, 1.82) is 0 Å². The highest BCUT2D eigenvalue weighted by Gasteiger charge is 2.16. The topological polar surface area (TPSA) is 108 Å². The van der Waals surface area contributed by atoms with Gasteiger partial charge in [-0.25, -0.2) is 0 Å². The summed E-state index contributed by atoms with van der Waals surface area (Å²) < 4.78 is 6.00. The molecule has 4 aromatic carbocycles. The van der Waals surface area contributed by atoms with E-state index in [1.807, 2.05) is 0 Å². The molecule has 0 aromatic heterocycles. The Labute approximate surface area is 213 Å². The van der Waals surface area contributed by atoms with E-state index in [9.17, 15) is 19.8 Å². The maximum Gasteiger partial charge on any atom is 0.255 e. The minimum atomic E-state index is -0.472. The summed E-state index contributed by atoms with van der Waals surface area (Å²) in [7, 11) is 0. The van der Waals surface area contributed by atoms with Gasteiger partial charge in [-0.05, 0) is 60.7 Å². The summed E-state index contributed by atoms with van der Waals surface area (Å²) in [6.45, 7) is 0. The Balaban J connectivity index is 1.62. The van der Waals surface area contributed by atoms with Crippen molar-refractivity contribution in [3.63, 3.8) is 0 Å². The third kappa shape index (κ3) is 5.89. The van der Waals surface area contributed by atoms with Crippen molar-refractivity contribution in [3.05, 3.63) is 107 Å². The number of terminal acetylenes is 2. The van der Waals surface area contributed by atoms with E-state index in [-0.39, 0.29) is 34.4 Å². The summed E-state index contributed by atoms with van der Waals surface area (Å²) in [6.07, 6.45) is 10.8. The molecule has 180 valence electrons. The summed E-state index contributed by atoms with van der Waals surface area (Å²) in [5, 5.41) is 25.4. The maximum absolute atomic E-state index is 12.8. The van der Waals surface area contributed by atoms with Gasteiger partial charge in [0.1, 0.15) is 11.5 Å². The number of hydrogen-bond acceptors (Lipinski definition) is 5. The predicted molar refractivity (Wildman–Crippen MR) is 141 cm³/mol. The SMILES string of the molecule is C#Cc1cccc(C(=O)Nc2cc(O)ccc2Oc2ccc(O)cc2NC(=O)c2cccc(C#C)c2)c1. The summed E-state index contributed by atoms with van der Waals surface area (Å²) in [4.78, 5) is 25.7. The van der Waals surface area contributed by atoms with E-state index in [4.69, 9.17) is 17.6 Å². The quantitative estimate of drug-likeness (QED) is 0.274. The second-order valence-electron chi connectivity index (χ2n) is 7.82. The number of anilines is 2. The van der Waals surface area contributed by atoms with Crippen molar-refractivity contribution in [2.24, 2.45) is 0 Å². The molecule has 7 nitrogen and oxygen atoms in total. The number of hydrogen-bond donors (Lipinski definition) is 4. The third-order valence-electron chi connectivity index (χ3n) is 5.23. The lowest BCUT2D eigenvalue weighted by Gasteiger charge is -2.16. The van der Waals surface area contributed by atoms with Crippen LogP contribution in [0.25, 0.3) is 0 Å². The zero-order valence-corrected chi connectivity index (χ0v) is 19.4. The monoisotopic (exact) mass is 488 g/mol. The van der Waals surface area contributed by atoms with Crippen LogP contribution in [0, 0.1) is 24.7 Å². The summed E-state index contributed by atoms with van der Waals surface area (Å²) in [6, 6.07) is 21.4. The number of phenols is 2. The zero-order chi connectivity index (χ0) is 26.4. The van der Waals surface area contributed by atoms with E-state index < -0.39 is 11.8 Å². The summed E-state index contributed by atoms with van der Waals surface area (Å²) in [5.74, 6) is 4.15. The minimum absolute atomic E-state index is 0.104. The number of rotatable bonds is 6. The molecule has 0 saturated heterocycles. The van der Waals surface area contributed by atoms with Crippen LogP contribution in [0.4, 0.5) is 11.4 Å². The van der Waals surface area contributed by atoms with E-state index in [1.54, 1.807) is 48.5 Å². The van der Waals surface area contributed by atoms with Crippen molar-refractivity contribution in [2.75, 3.05) is 10.6 Å². The highest BCUT2D eigenvalue weighted by molar-refractivity contribution is 6.06. The van der Waals surface area contributed by atoms with Crippen molar-refractivity contribution in [3.8, 4) is 47.7 Å². The molecule has 0 aliphatic carbocycles. The molecule has 37 heavy (non-hydrogen) atoms. The van der Waals surface area contributed by atoms with Crippen molar-refractivity contribution < 1.29 is 24.5 Å². The van der Waals surface area contributed by atoms with Gasteiger partial charge in [-0.3, -0.25) is 9.59 Å². The van der Waals surface area contributed by atoms with Gasteiger partial charge in [-0.1, -0.05) is 24.0 Å². The molecule has 0 aliphatic rings. The van der Waals surface area contributed by atoms with E-state index >= 15 is 0 Å². The van der Waals surface area contributed by atoms with Gasteiger partial charge < -0.3 is 25.6 Å². The van der Waals surface area contributed by atoms with Gasteiger partial charge in [-0.2, -0.15) is 0 Å². The van der Waals surface area contributed by atoms with Crippen molar-refractivity contribution in [1.82, 2.24) is 0 Å². The molecule has 0 bridgehead atoms. The Hall–Kier alpha value is -5.66. The van der Waals surface area contributed by atoms with Crippen LogP contribution in [-0.2, 0) is 0 Å². The largest absolute Gasteiger partial charge is 0.508 e. The second kappa shape index (κ2) is 10.7. The van der Waals surface area contributed by atoms with Crippen LogP contribution in [0.15, 0.2) is 84.9 Å². The van der Waals surface area contributed by atoms with Gasteiger partial charge in [0, 0.05) is 34.4 Å². The zero-order valence-electron chi connectivity index (χ0n) is 19.4. The predicted octanol–water partition coefficient (Wildman–Crippen LogP) is 5.36. The maximum atomic E-state index is 12.8. The van der Waals surface area contributed by atoms with E-state index in [1.165, 1.54) is 36.4 Å². The number of aromatic hydroxyl groups is 2. The first-order valence-corrected chi connectivity index (χ1v) is 11.0. The highest BCUT2D eigenvalue weighted by atomic mass is 16.5. The number of carbonyl (C=O) groups is 2. The van der Waals surface area contributed by atoms with Crippen LogP contribution in [0.5, 0.6) is 23.0 Å². The molecule has 0 atom stereocenters. The van der Waals surface area contributed by atoms with Gasteiger partial charge in [0.25, 0.3) is 11.8 Å². The first-order chi connectivity index (χ1) is 17.9. The summed E-state index contributed by atoms with van der Waals surface area (Å²) >= 11 is 0. The van der Waals surface area contributed by atoms with Crippen LogP contribution < -0.4 is 15.4 Å². The van der Waals surface area contributed by atoms with Gasteiger partial charge in [0.15, 0.2) is 11.5 Å². The van der Waals surface area contributed by atoms with Crippen LogP contribution >= 0.6 is 0 Å². The summed E-state index contributed by atoms with van der Waals surface area (Å²) in [5.41, 5.74) is 2.05. The molecule has 0 aliphatic heterocycles. The molecular weight excluding hydrogens is 468 g/mol. The lowest BCUT2D eigenvalue weighted by atomic mass is 10.1. The van der Waals surface area contributed by atoms with Crippen molar-refractivity contribution in [2.45, 2.75) is 0 Å². The molecular formula is C30H20N2O5. The van der Waals surface area contributed by atoms with E-state index in [0.29, 0.717) is 22.3 Å². The van der Waals surface area contributed by atoms with Crippen LogP contribution in [0.3, 0.4) is 0 Å². The average Bonchev–Trinajstić information content (AvgIpc) is 2.91. The second-order valence-corrected chi connectivity index (χ2v) is 7.82. The molecule has 2 amide bonds. The first kappa shape index (κ1) is 24.5. The van der Waals surface area contributed by atoms with Crippen LogP contribution in [0.1, 0.15) is 31.8 Å². The molecule has 4 N–H and O–H groups in total. The fraction of sp³-hybridized carbons (Fsp3) is 0. The lowest BCUT2D eigenvalue weighted by Crippen LogP contribution is -2.14. The van der Waals surface area contributed by atoms with Gasteiger partial charge >= 0.3 is 0 Å². The fourth-order valence-corrected chi connectivity index (χ4v) is 3.42. The molecule has 0 saturated carbocycles. The van der Waals surface area contributed by atoms with E-state index in [0.717, 1.165) is 0 Å². The molecule has 4 rings (SSSR count). The molecule has 0 fully saturated rings. The van der Waals surface area contributed by atoms with Crippen LogP contribution in [0.2, 0.25) is 0 Å². The number of nitrogens with one attached hydrogen (secondary N) is 2. The molecule has 0 heterocycles. The molecule has 0 unspecified atom stereocenters. The normalized spacial score (nSPS) is 10.0. The van der Waals surface area contributed by atoms with Gasteiger partial charge in [-0.15, -0.1) is 12.8 Å². The van der Waals surface area contributed by atoms with E-state index in [2.05, 4.69) is 22.5 Å². The van der Waals surface area contributed by atoms with Crippen LogP contribution in [-0.4, -0.2) is 22.0 Å². The Morgan fingerprint density at radius 1 is 0.649 bits per heavy atom. The van der Waals surface area contributed by atoms with Gasteiger partial charge in [0.05, 0.1) is 11.4 Å².